The summed E-state index contributed by atoms with van der Waals surface area (Å²) in [6, 6.07) is 10.8. The molecule has 2 heterocycles. The molecule has 0 radical (unpaired) electrons. The van der Waals surface area contributed by atoms with Gasteiger partial charge < -0.3 is 20.3 Å². The molecule has 1 aromatic heterocycles. The molecule has 1 fully saturated rings. The van der Waals surface area contributed by atoms with Crippen molar-refractivity contribution < 1.29 is 4.74 Å². The minimum atomic E-state index is 0. The van der Waals surface area contributed by atoms with Crippen LogP contribution in [0.15, 0.2) is 35.3 Å². The standard InChI is InChI=1S/C21H32N6O.HI/c1-17-15-18(2)27(25-17)10-4-9-23-21(22-3)24-16-19-5-7-20(8-6-19)26-11-13-28-14-12-26;/h5-8,15H,4,9-14,16H2,1-3H3,(H2,22,23,24);1H. The molecular weight excluding hydrogens is 479 g/mol. The first kappa shape index (κ1) is 23.5. The van der Waals surface area contributed by atoms with Gasteiger partial charge in [-0.25, -0.2) is 0 Å². The number of hydrogen-bond acceptors (Lipinski definition) is 4. The molecule has 0 unspecified atom stereocenters. The summed E-state index contributed by atoms with van der Waals surface area (Å²) >= 11 is 0. The summed E-state index contributed by atoms with van der Waals surface area (Å²) in [4.78, 5) is 6.68. The summed E-state index contributed by atoms with van der Waals surface area (Å²) in [7, 11) is 1.80. The lowest BCUT2D eigenvalue weighted by molar-refractivity contribution is 0.122. The largest absolute Gasteiger partial charge is 0.378 e. The molecule has 0 saturated carbocycles. The number of ether oxygens (including phenoxy) is 1. The fourth-order valence-electron chi connectivity index (χ4n) is 3.39. The van der Waals surface area contributed by atoms with Crippen molar-refractivity contribution >= 4 is 35.6 Å². The Labute approximate surface area is 190 Å². The zero-order chi connectivity index (χ0) is 19.8. The molecule has 0 spiro atoms. The fraction of sp³-hybridized carbons (Fsp3) is 0.524. The number of rotatable bonds is 7. The van der Waals surface area contributed by atoms with Gasteiger partial charge in [0.15, 0.2) is 5.96 Å². The molecule has 1 aliphatic rings. The molecule has 1 saturated heterocycles. The topological polar surface area (TPSA) is 66.7 Å². The Bertz CT molecular complexity index is 768. The molecule has 160 valence electrons. The van der Waals surface area contributed by atoms with E-state index >= 15 is 0 Å². The average molecular weight is 512 g/mol. The predicted molar refractivity (Wildman–Crippen MR) is 129 cm³/mol. The van der Waals surface area contributed by atoms with Gasteiger partial charge in [-0.3, -0.25) is 9.67 Å². The van der Waals surface area contributed by atoms with Crippen LogP contribution in [0.4, 0.5) is 5.69 Å². The Balaban J connectivity index is 0.00000300. The monoisotopic (exact) mass is 512 g/mol. The van der Waals surface area contributed by atoms with Gasteiger partial charge in [-0.1, -0.05) is 12.1 Å². The summed E-state index contributed by atoms with van der Waals surface area (Å²) in [6.07, 6.45) is 0.997. The molecular formula is C21H33IN6O. The molecule has 29 heavy (non-hydrogen) atoms. The maximum absolute atomic E-state index is 5.42. The van der Waals surface area contributed by atoms with Crippen molar-refractivity contribution in [3.8, 4) is 0 Å². The normalized spacial score (nSPS) is 14.4. The van der Waals surface area contributed by atoms with E-state index in [2.05, 4.69) is 67.6 Å². The molecule has 0 amide bonds. The molecule has 0 atom stereocenters. The first-order valence-corrected chi connectivity index (χ1v) is 10.0. The number of benzene rings is 1. The second-order valence-corrected chi connectivity index (χ2v) is 7.12. The van der Waals surface area contributed by atoms with Crippen molar-refractivity contribution in [2.75, 3.05) is 44.8 Å². The Morgan fingerprint density at radius 1 is 1.14 bits per heavy atom. The SMILES string of the molecule is CN=C(NCCCn1nc(C)cc1C)NCc1ccc(N2CCOCC2)cc1.I. The molecule has 7 nitrogen and oxygen atoms in total. The third kappa shape index (κ3) is 7.18. The highest BCUT2D eigenvalue weighted by Crippen LogP contribution is 2.16. The minimum absolute atomic E-state index is 0. The van der Waals surface area contributed by atoms with Gasteiger partial charge in [0, 0.05) is 51.2 Å². The zero-order valence-corrected chi connectivity index (χ0v) is 20.0. The lowest BCUT2D eigenvalue weighted by atomic mass is 10.2. The number of nitrogens with zero attached hydrogens (tertiary/aromatic N) is 4. The van der Waals surface area contributed by atoms with E-state index in [0.29, 0.717) is 0 Å². The van der Waals surface area contributed by atoms with Gasteiger partial charge >= 0.3 is 0 Å². The number of aliphatic imine (C=N–C) groups is 1. The van der Waals surface area contributed by atoms with Gasteiger partial charge in [-0.15, -0.1) is 24.0 Å². The highest BCUT2D eigenvalue weighted by atomic mass is 127. The third-order valence-electron chi connectivity index (χ3n) is 4.94. The molecule has 0 aliphatic carbocycles. The lowest BCUT2D eigenvalue weighted by Gasteiger charge is -2.28. The smallest absolute Gasteiger partial charge is 0.191 e. The van der Waals surface area contributed by atoms with Crippen LogP contribution >= 0.6 is 24.0 Å². The summed E-state index contributed by atoms with van der Waals surface area (Å²) in [5.41, 5.74) is 4.78. The first-order chi connectivity index (χ1) is 13.7. The molecule has 1 aromatic carbocycles. The van der Waals surface area contributed by atoms with E-state index in [1.807, 2.05) is 6.92 Å². The van der Waals surface area contributed by atoms with E-state index in [9.17, 15) is 0 Å². The quantitative estimate of drug-likeness (QED) is 0.259. The Morgan fingerprint density at radius 2 is 1.86 bits per heavy atom. The van der Waals surface area contributed by atoms with Crippen molar-refractivity contribution in [1.29, 1.82) is 0 Å². The van der Waals surface area contributed by atoms with Crippen molar-refractivity contribution in [2.45, 2.75) is 33.4 Å². The van der Waals surface area contributed by atoms with Gasteiger partial charge in [-0.2, -0.15) is 5.10 Å². The van der Waals surface area contributed by atoms with Crippen LogP contribution in [0.3, 0.4) is 0 Å². The van der Waals surface area contributed by atoms with Crippen LogP contribution in [0, 0.1) is 13.8 Å². The average Bonchev–Trinajstić information content (AvgIpc) is 3.05. The summed E-state index contributed by atoms with van der Waals surface area (Å²) < 4.78 is 7.48. The maximum Gasteiger partial charge on any atom is 0.191 e. The van der Waals surface area contributed by atoms with E-state index in [0.717, 1.165) is 64.0 Å². The highest BCUT2D eigenvalue weighted by molar-refractivity contribution is 14.0. The van der Waals surface area contributed by atoms with Crippen molar-refractivity contribution in [3.63, 3.8) is 0 Å². The van der Waals surface area contributed by atoms with Gasteiger partial charge in [-0.05, 0) is 44.0 Å². The van der Waals surface area contributed by atoms with Crippen LogP contribution in [-0.2, 0) is 17.8 Å². The minimum Gasteiger partial charge on any atom is -0.378 e. The first-order valence-electron chi connectivity index (χ1n) is 10.0. The molecule has 1 aliphatic heterocycles. The van der Waals surface area contributed by atoms with Crippen LogP contribution in [0.25, 0.3) is 0 Å². The number of nitrogens with one attached hydrogen (secondary N) is 2. The van der Waals surface area contributed by atoms with Gasteiger partial charge in [0.05, 0.1) is 18.9 Å². The van der Waals surface area contributed by atoms with E-state index in [1.165, 1.54) is 16.9 Å². The number of halogens is 1. The second kappa shape index (κ2) is 12.0. The number of hydrogen-bond donors (Lipinski definition) is 2. The van der Waals surface area contributed by atoms with E-state index in [4.69, 9.17) is 4.74 Å². The van der Waals surface area contributed by atoms with Crippen LogP contribution in [0.5, 0.6) is 0 Å². The van der Waals surface area contributed by atoms with E-state index in [1.54, 1.807) is 7.05 Å². The zero-order valence-electron chi connectivity index (χ0n) is 17.6. The fourth-order valence-corrected chi connectivity index (χ4v) is 3.39. The maximum atomic E-state index is 5.42. The summed E-state index contributed by atoms with van der Waals surface area (Å²) in [6.45, 7) is 10.2. The number of morpholine rings is 1. The van der Waals surface area contributed by atoms with Crippen LogP contribution in [0.1, 0.15) is 23.4 Å². The van der Waals surface area contributed by atoms with Crippen molar-refractivity contribution in [2.24, 2.45) is 4.99 Å². The Kier molecular flexibility index (Phi) is 9.72. The summed E-state index contributed by atoms with van der Waals surface area (Å²) in [5.74, 6) is 0.825. The van der Waals surface area contributed by atoms with Crippen LogP contribution in [0.2, 0.25) is 0 Å². The number of aryl methyl sites for hydroxylation is 3. The number of anilines is 1. The lowest BCUT2D eigenvalue weighted by Crippen LogP contribution is -2.37. The Hall–Kier alpha value is -1.81. The Morgan fingerprint density at radius 3 is 2.48 bits per heavy atom. The number of aromatic nitrogens is 2. The van der Waals surface area contributed by atoms with Crippen molar-refractivity contribution in [3.05, 3.63) is 47.3 Å². The highest BCUT2D eigenvalue weighted by Gasteiger charge is 2.10. The number of guanidine groups is 1. The molecule has 0 bridgehead atoms. The van der Waals surface area contributed by atoms with Gasteiger partial charge in [0.1, 0.15) is 0 Å². The molecule has 2 N–H and O–H groups in total. The van der Waals surface area contributed by atoms with E-state index < -0.39 is 0 Å². The predicted octanol–water partition coefficient (Wildman–Crippen LogP) is 2.71. The van der Waals surface area contributed by atoms with Crippen LogP contribution in [-0.4, -0.2) is 55.6 Å². The third-order valence-corrected chi connectivity index (χ3v) is 4.94. The molecule has 2 aromatic rings. The molecule has 8 heteroatoms. The van der Waals surface area contributed by atoms with E-state index in [-0.39, 0.29) is 24.0 Å². The summed E-state index contributed by atoms with van der Waals surface area (Å²) in [5, 5.41) is 11.3. The van der Waals surface area contributed by atoms with Gasteiger partial charge in [0.2, 0.25) is 0 Å². The van der Waals surface area contributed by atoms with Gasteiger partial charge in [0.25, 0.3) is 0 Å². The second-order valence-electron chi connectivity index (χ2n) is 7.12. The molecule has 3 rings (SSSR count). The van der Waals surface area contributed by atoms with Crippen LogP contribution < -0.4 is 15.5 Å². The van der Waals surface area contributed by atoms with Crippen molar-refractivity contribution in [1.82, 2.24) is 20.4 Å².